The first kappa shape index (κ1) is 14.9. The number of hydrogen-bond acceptors (Lipinski definition) is 4. The molecular formula is C11H21NO4. The van der Waals surface area contributed by atoms with Crippen LogP contribution in [0.25, 0.3) is 0 Å². The van der Waals surface area contributed by atoms with Crippen LogP contribution in [0.15, 0.2) is 0 Å². The van der Waals surface area contributed by atoms with Crippen molar-refractivity contribution < 1.29 is 19.1 Å². The van der Waals surface area contributed by atoms with E-state index in [1.54, 1.807) is 13.8 Å². The van der Waals surface area contributed by atoms with Gasteiger partial charge in [0.25, 0.3) is 5.91 Å². The number of carbonyl (C=O) groups excluding carboxylic acids is 2. The third-order valence-electron chi connectivity index (χ3n) is 2.44. The predicted molar refractivity (Wildman–Crippen MR) is 60.0 cm³/mol. The quantitative estimate of drug-likeness (QED) is 0.657. The van der Waals surface area contributed by atoms with Gasteiger partial charge in [-0.2, -0.15) is 0 Å². The van der Waals surface area contributed by atoms with Crippen molar-refractivity contribution in [1.29, 1.82) is 0 Å². The second kappa shape index (κ2) is 5.84. The Morgan fingerprint density at radius 2 is 1.75 bits per heavy atom. The van der Waals surface area contributed by atoms with Crippen molar-refractivity contribution in [2.45, 2.75) is 39.3 Å². The Labute approximate surface area is 96.7 Å². The summed E-state index contributed by atoms with van der Waals surface area (Å²) in [5, 5.41) is 0. The molecule has 0 spiro atoms. The van der Waals surface area contributed by atoms with Crippen LogP contribution < -0.4 is 0 Å². The highest BCUT2D eigenvalue weighted by Crippen LogP contribution is 2.14. The Hall–Kier alpha value is -1.10. The number of carbonyl (C=O) groups is 2. The molecule has 1 amide bonds. The van der Waals surface area contributed by atoms with E-state index >= 15 is 0 Å². The largest absolute Gasteiger partial charge is 0.468 e. The summed E-state index contributed by atoms with van der Waals surface area (Å²) in [5.41, 5.74) is -0.932. The third-order valence-corrected chi connectivity index (χ3v) is 2.44. The molecule has 0 radical (unpaired) electrons. The van der Waals surface area contributed by atoms with Gasteiger partial charge in [-0.25, -0.2) is 0 Å². The van der Waals surface area contributed by atoms with Gasteiger partial charge in [-0.15, -0.1) is 0 Å². The lowest BCUT2D eigenvalue weighted by Gasteiger charge is -2.32. The predicted octanol–water partition coefficient (Wildman–Crippen LogP) is 0.821. The summed E-state index contributed by atoms with van der Waals surface area (Å²) in [6.45, 7) is 6.96. The zero-order valence-electron chi connectivity index (χ0n) is 10.9. The van der Waals surface area contributed by atoms with Crippen LogP contribution in [0.1, 0.15) is 27.7 Å². The third kappa shape index (κ3) is 3.81. The van der Waals surface area contributed by atoms with Crippen molar-refractivity contribution in [3.8, 4) is 0 Å². The molecule has 0 aliphatic carbocycles. The van der Waals surface area contributed by atoms with Gasteiger partial charge in [0.2, 0.25) is 0 Å². The monoisotopic (exact) mass is 231 g/mol. The maximum atomic E-state index is 12.1. The first-order valence-electron chi connectivity index (χ1n) is 5.19. The molecule has 5 nitrogen and oxygen atoms in total. The minimum Gasteiger partial charge on any atom is -0.468 e. The molecule has 5 heteroatoms. The van der Waals surface area contributed by atoms with Gasteiger partial charge in [0.05, 0.1) is 7.11 Å². The molecule has 0 aliphatic heterocycles. The molecule has 0 unspecified atom stereocenters. The number of nitrogens with zero attached hydrogens (tertiary/aromatic N) is 1. The summed E-state index contributed by atoms with van der Waals surface area (Å²) in [7, 11) is 2.77. The minimum atomic E-state index is -0.932. The van der Waals surface area contributed by atoms with Crippen molar-refractivity contribution in [3.05, 3.63) is 0 Å². The van der Waals surface area contributed by atoms with Crippen LogP contribution in [0, 0.1) is 0 Å². The van der Waals surface area contributed by atoms with E-state index < -0.39 is 11.6 Å². The van der Waals surface area contributed by atoms with E-state index in [9.17, 15) is 9.59 Å². The summed E-state index contributed by atoms with van der Waals surface area (Å²) in [6.07, 6.45) is 0. The van der Waals surface area contributed by atoms with Gasteiger partial charge in [0, 0.05) is 13.2 Å². The number of amides is 1. The molecule has 0 heterocycles. The van der Waals surface area contributed by atoms with Crippen molar-refractivity contribution in [3.63, 3.8) is 0 Å². The van der Waals surface area contributed by atoms with Crippen LogP contribution >= 0.6 is 0 Å². The maximum absolute atomic E-state index is 12.1. The smallest absolute Gasteiger partial charge is 0.325 e. The van der Waals surface area contributed by atoms with Crippen LogP contribution in [0.4, 0.5) is 0 Å². The SMILES string of the molecule is COC(=O)CN(C(=O)C(C)(C)OC)C(C)C. The van der Waals surface area contributed by atoms with Crippen LogP contribution in [0.3, 0.4) is 0 Å². The van der Waals surface area contributed by atoms with Gasteiger partial charge in [0.1, 0.15) is 12.1 Å². The minimum absolute atomic E-state index is 0.0558. The topological polar surface area (TPSA) is 55.8 Å². The molecule has 0 bridgehead atoms. The lowest BCUT2D eigenvalue weighted by molar-refractivity contribution is -0.158. The number of rotatable bonds is 5. The lowest BCUT2D eigenvalue weighted by atomic mass is 10.1. The first-order chi connectivity index (χ1) is 7.26. The Morgan fingerprint density at radius 1 is 1.25 bits per heavy atom. The standard InChI is InChI=1S/C11H21NO4/c1-8(2)12(7-9(13)15-5)10(14)11(3,4)16-6/h8H,7H2,1-6H3. The van der Waals surface area contributed by atoms with E-state index in [4.69, 9.17) is 4.74 Å². The van der Waals surface area contributed by atoms with Crippen LogP contribution in [0.5, 0.6) is 0 Å². The van der Waals surface area contributed by atoms with Crippen LogP contribution in [-0.2, 0) is 19.1 Å². The number of esters is 1. The van der Waals surface area contributed by atoms with E-state index in [2.05, 4.69) is 4.74 Å². The highest BCUT2D eigenvalue weighted by atomic mass is 16.5. The molecule has 0 fully saturated rings. The van der Waals surface area contributed by atoms with E-state index in [1.807, 2.05) is 13.8 Å². The van der Waals surface area contributed by atoms with Gasteiger partial charge in [-0.3, -0.25) is 9.59 Å². The zero-order chi connectivity index (χ0) is 12.9. The number of hydrogen-bond donors (Lipinski definition) is 0. The van der Waals surface area contributed by atoms with Crippen molar-refractivity contribution in [1.82, 2.24) is 4.90 Å². The molecular weight excluding hydrogens is 210 g/mol. The van der Waals surface area contributed by atoms with E-state index in [0.29, 0.717) is 0 Å². The van der Waals surface area contributed by atoms with Crippen molar-refractivity contribution in [2.24, 2.45) is 0 Å². The van der Waals surface area contributed by atoms with Gasteiger partial charge >= 0.3 is 5.97 Å². The Balaban J connectivity index is 4.80. The van der Waals surface area contributed by atoms with Gasteiger partial charge < -0.3 is 14.4 Å². The summed E-state index contributed by atoms with van der Waals surface area (Å²) >= 11 is 0. The van der Waals surface area contributed by atoms with E-state index in [1.165, 1.54) is 19.1 Å². The van der Waals surface area contributed by atoms with Crippen molar-refractivity contribution >= 4 is 11.9 Å². The van der Waals surface area contributed by atoms with Gasteiger partial charge in [-0.1, -0.05) is 0 Å². The summed E-state index contributed by atoms with van der Waals surface area (Å²) in [5.74, 6) is -0.663. The summed E-state index contributed by atoms with van der Waals surface area (Å²) in [4.78, 5) is 24.7. The molecule has 0 aromatic rings. The highest BCUT2D eigenvalue weighted by Gasteiger charge is 2.34. The Kier molecular flexibility index (Phi) is 5.44. The van der Waals surface area contributed by atoms with Crippen molar-refractivity contribution in [2.75, 3.05) is 20.8 Å². The summed E-state index contributed by atoms with van der Waals surface area (Å²) < 4.78 is 9.66. The average molecular weight is 231 g/mol. The molecule has 0 saturated carbocycles. The molecule has 0 atom stereocenters. The average Bonchev–Trinajstić information content (AvgIpc) is 2.23. The zero-order valence-corrected chi connectivity index (χ0v) is 10.9. The Morgan fingerprint density at radius 3 is 2.06 bits per heavy atom. The van der Waals surface area contributed by atoms with Gasteiger partial charge in [0.15, 0.2) is 0 Å². The molecule has 0 saturated heterocycles. The normalized spacial score (nSPS) is 11.4. The van der Waals surface area contributed by atoms with E-state index in [-0.39, 0.29) is 18.5 Å². The highest BCUT2D eigenvalue weighted by molar-refractivity contribution is 5.87. The fraction of sp³-hybridized carbons (Fsp3) is 0.818. The molecule has 16 heavy (non-hydrogen) atoms. The maximum Gasteiger partial charge on any atom is 0.325 e. The molecule has 0 aromatic heterocycles. The van der Waals surface area contributed by atoms with Crippen LogP contribution in [-0.4, -0.2) is 49.2 Å². The second-order valence-electron chi connectivity index (χ2n) is 4.32. The first-order valence-corrected chi connectivity index (χ1v) is 5.19. The van der Waals surface area contributed by atoms with E-state index in [0.717, 1.165) is 0 Å². The number of methoxy groups -OCH3 is 2. The molecule has 0 aliphatic rings. The molecule has 0 rings (SSSR count). The molecule has 0 N–H and O–H groups in total. The van der Waals surface area contributed by atoms with Gasteiger partial charge in [-0.05, 0) is 27.7 Å². The lowest BCUT2D eigenvalue weighted by Crippen LogP contribution is -2.51. The Bertz CT molecular complexity index is 261. The second-order valence-corrected chi connectivity index (χ2v) is 4.32. The molecule has 0 aromatic carbocycles. The fourth-order valence-electron chi connectivity index (χ4n) is 1.13. The van der Waals surface area contributed by atoms with Crippen LogP contribution in [0.2, 0.25) is 0 Å². The summed E-state index contributed by atoms with van der Waals surface area (Å²) in [6, 6.07) is -0.0824. The number of ether oxygens (including phenoxy) is 2. The fourth-order valence-corrected chi connectivity index (χ4v) is 1.13. The molecule has 94 valence electrons.